The average molecular weight is 346 g/mol. The molecule has 0 aliphatic carbocycles. The Labute approximate surface area is 153 Å². The zero-order chi connectivity index (χ0) is 17.8. The summed E-state index contributed by atoms with van der Waals surface area (Å²) in [5.41, 5.74) is 4.35. The number of benzene rings is 1. The molecule has 1 aliphatic rings. The van der Waals surface area contributed by atoms with E-state index in [1.807, 2.05) is 18.2 Å². The van der Waals surface area contributed by atoms with E-state index in [9.17, 15) is 0 Å². The number of hydrogen-bond acceptors (Lipinski definition) is 6. The van der Waals surface area contributed by atoms with Gasteiger partial charge in [-0.25, -0.2) is 9.97 Å². The highest BCUT2D eigenvalue weighted by atomic mass is 15.2. The lowest BCUT2D eigenvalue weighted by Gasteiger charge is -2.22. The van der Waals surface area contributed by atoms with Crippen LogP contribution in [0, 0.1) is 0 Å². The van der Waals surface area contributed by atoms with Gasteiger partial charge in [0.2, 0.25) is 0 Å². The van der Waals surface area contributed by atoms with Crippen molar-refractivity contribution in [2.45, 2.75) is 19.4 Å². The van der Waals surface area contributed by atoms with Gasteiger partial charge in [-0.15, -0.1) is 0 Å². The van der Waals surface area contributed by atoms with Crippen LogP contribution in [0.2, 0.25) is 0 Å². The van der Waals surface area contributed by atoms with E-state index in [1.54, 1.807) is 18.6 Å². The van der Waals surface area contributed by atoms with E-state index in [0.29, 0.717) is 6.54 Å². The summed E-state index contributed by atoms with van der Waals surface area (Å²) >= 11 is 0. The van der Waals surface area contributed by atoms with E-state index in [1.165, 1.54) is 5.56 Å². The molecule has 6 nitrogen and oxygen atoms in total. The van der Waals surface area contributed by atoms with E-state index >= 15 is 0 Å². The Bertz CT molecular complexity index is 866. The van der Waals surface area contributed by atoms with E-state index in [0.717, 1.165) is 54.5 Å². The van der Waals surface area contributed by atoms with Crippen LogP contribution in [0.4, 0.5) is 5.82 Å². The first kappa shape index (κ1) is 16.6. The predicted molar refractivity (Wildman–Crippen MR) is 102 cm³/mol. The number of nitrogens with one attached hydrogen (secondary N) is 1. The molecule has 0 fully saturated rings. The van der Waals surface area contributed by atoms with Gasteiger partial charge in [0.15, 0.2) is 5.82 Å². The molecule has 3 heterocycles. The number of anilines is 1. The maximum absolute atomic E-state index is 4.93. The van der Waals surface area contributed by atoms with Crippen molar-refractivity contribution in [3.8, 4) is 11.4 Å². The van der Waals surface area contributed by atoms with E-state index in [4.69, 9.17) is 9.97 Å². The molecular formula is C20H22N6. The van der Waals surface area contributed by atoms with Crippen molar-refractivity contribution in [2.24, 2.45) is 0 Å². The minimum atomic E-state index is 0.666. The Hall–Kier alpha value is -2.86. The molecule has 0 saturated heterocycles. The van der Waals surface area contributed by atoms with Gasteiger partial charge >= 0.3 is 0 Å². The van der Waals surface area contributed by atoms with Gasteiger partial charge < -0.3 is 10.2 Å². The van der Waals surface area contributed by atoms with Crippen LogP contribution in [0.15, 0.2) is 48.9 Å². The molecular weight excluding hydrogens is 324 g/mol. The summed E-state index contributed by atoms with van der Waals surface area (Å²) in [6.45, 7) is 2.57. The van der Waals surface area contributed by atoms with Gasteiger partial charge in [-0.2, -0.15) is 0 Å². The van der Waals surface area contributed by atoms with Crippen LogP contribution >= 0.6 is 0 Å². The first-order valence-electron chi connectivity index (χ1n) is 8.93. The fourth-order valence-corrected chi connectivity index (χ4v) is 3.29. The second-order valence-corrected chi connectivity index (χ2v) is 6.46. The molecule has 0 amide bonds. The summed E-state index contributed by atoms with van der Waals surface area (Å²) in [5.74, 6) is 1.77. The summed E-state index contributed by atoms with van der Waals surface area (Å²) in [6.07, 6.45) is 7.08. The Balaban J connectivity index is 1.76. The monoisotopic (exact) mass is 346 g/mol. The molecule has 6 heteroatoms. The highest BCUT2D eigenvalue weighted by Gasteiger charge is 2.20. The van der Waals surface area contributed by atoms with Gasteiger partial charge in [-0.1, -0.05) is 30.3 Å². The molecule has 0 atom stereocenters. The van der Waals surface area contributed by atoms with Crippen LogP contribution in [0.3, 0.4) is 0 Å². The quantitative estimate of drug-likeness (QED) is 0.782. The number of rotatable bonds is 4. The summed E-state index contributed by atoms with van der Waals surface area (Å²) < 4.78 is 0. The lowest BCUT2D eigenvalue weighted by molar-refractivity contribution is 0.708. The summed E-state index contributed by atoms with van der Waals surface area (Å²) in [6, 6.07) is 10.2. The summed E-state index contributed by atoms with van der Waals surface area (Å²) in [5, 5.41) is 3.46. The van der Waals surface area contributed by atoms with Gasteiger partial charge in [0.1, 0.15) is 5.82 Å². The lowest BCUT2D eigenvalue weighted by Crippen LogP contribution is -2.22. The molecule has 26 heavy (non-hydrogen) atoms. The van der Waals surface area contributed by atoms with E-state index < -0.39 is 0 Å². The van der Waals surface area contributed by atoms with Crippen LogP contribution in [-0.4, -0.2) is 40.1 Å². The second-order valence-electron chi connectivity index (χ2n) is 6.46. The fourth-order valence-electron chi connectivity index (χ4n) is 3.29. The van der Waals surface area contributed by atoms with Crippen molar-refractivity contribution < 1.29 is 0 Å². The number of aromatic nitrogens is 4. The van der Waals surface area contributed by atoms with Gasteiger partial charge in [0.05, 0.1) is 24.1 Å². The van der Waals surface area contributed by atoms with Crippen LogP contribution in [0.1, 0.15) is 17.0 Å². The van der Waals surface area contributed by atoms with Gasteiger partial charge in [-0.3, -0.25) is 9.97 Å². The molecule has 1 aliphatic heterocycles. The van der Waals surface area contributed by atoms with Gasteiger partial charge in [0.25, 0.3) is 0 Å². The highest BCUT2D eigenvalue weighted by molar-refractivity contribution is 5.60. The molecule has 2 aromatic heterocycles. The minimum absolute atomic E-state index is 0.666. The molecule has 132 valence electrons. The van der Waals surface area contributed by atoms with E-state index in [2.05, 4.69) is 39.4 Å². The average Bonchev–Trinajstić information content (AvgIpc) is 2.94. The first-order valence-corrected chi connectivity index (χ1v) is 8.93. The fraction of sp³-hybridized carbons (Fsp3) is 0.300. The van der Waals surface area contributed by atoms with Crippen molar-refractivity contribution in [2.75, 3.05) is 25.0 Å². The van der Waals surface area contributed by atoms with Crippen LogP contribution in [-0.2, 0) is 19.4 Å². The predicted octanol–water partition coefficient (Wildman–Crippen LogP) is 2.26. The Morgan fingerprint density at radius 1 is 1.04 bits per heavy atom. The van der Waals surface area contributed by atoms with Crippen molar-refractivity contribution in [3.05, 3.63) is 65.9 Å². The minimum Gasteiger partial charge on any atom is -0.353 e. The van der Waals surface area contributed by atoms with Crippen molar-refractivity contribution in [1.82, 2.24) is 25.3 Å². The number of hydrogen-bond donors (Lipinski definition) is 1. The molecule has 3 aromatic rings. The smallest absolute Gasteiger partial charge is 0.161 e. The third-order valence-electron chi connectivity index (χ3n) is 4.57. The zero-order valence-corrected chi connectivity index (χ0v) is 14.9. The Kier molecular flexibility index (Phi) is 4.84. The maximum Gasteiger partial charge on any atom is 0.161 e. The molecule has 1 aromatic carbocycles. The molecule has 4 rings (SSSR count). The third-order valence-corrected chi connectivity index (χ3v) is 4.57. The number of fused-ring (bicyclic) bond motifs is 1. The summed E-state index contributed by atoms with van der Waals surface area (Å²) in [7, 11) is 2.06. The Morgan fingerprint density at radius 3 is 2.69 bits per heavy atom. The number of nitrogens with zero attached hydrogens (tertiary/aromatic N) is 5. The van der Waals surface area contributed by atoms with Crippen molar-refractivity contribution >= 4 is 5.82 Å². The van der Waals surface area contributed by atoms with Crippen LogP contribution in [0.5, 0.6) is 0 Å². The van der Waals surface area contributed by atoms with Gasteiger partial charge in [0, 0.05) is 43.5 Å². The topological polar surface area (TPSA) is 66.8 Å². The second kappa shape index (κ2) is 7.58. The molecule has 0 unspecified atom stereocenters. The van der Waals surface area contributed by atoms with E-state index in [-0.39, 0.29) is 0 Å². The SMILES string of the molecule is CN(Cc1cnccn1)c1nc(-c2ccccc2)nc2c1CCNCC2. The van der Waals surface area contributed by atoms with Crippen molar-refractivity contribution in [3.63, 3.8) is 0 Å². The molecule has 0 spiro atoms. The maximum atomic E-state index is 4.93. The van der Waals surface area contributed by atoms with Crippen LogP contribution < -0.4 is 10.2 Å². The van der Waals surface area contributed by atoms with Gasteiger partial charge in [-0.05, 0) is 13.0 Å². The highest BCUT2D eigenvalue weighted by Crippen LogP contribution is 2.27. The molecule has 0 bridgehead atoms. The Morgan fingerprint density at radius 2 is 1.88 bits per heavy atom. The van der Waals surface area contributed by atoms with Crippen LogP contribution in [0.25, 0.3) is 11.4 Å². The third kappa shape index (κ3) is 3.55. The standard InChI is InChI=1S/C20H22N6/c1-26(14-16-13-22-11-12-23-16)20-17-7-9-21-10-8-18(17)24-19(25-20)15-5-3-2-4-6-15/h2-6,11-13,21H,7-10,14H2,1H3. The zero-order valence-electron chi connectivity index (χ0n) is 14.9. The normalized spacial score (nSPS) is 13.7. The molecule has 0 saturated carbocycles. The summed E-state index contributed by atoms with van der Waals surface area (Å²) in [4.78, 5) is 20.5. The lowest BCUT2D eigenvalue weighted by atomic mass is 10.1. The molecule has 1 N–H and O–H groups in total. The first-order chi connectivity index (χ1) is 12.8. The van der Waals surface area contributed by atoms with Crippen molar-refractivity contribution in [1.29, 1.82) is 0 Å². The largest absolute Gasteiger partial charge is 0.353 e. The molecule has 0 radical (unpaired) electrons.